The highest BCUT2D eigenvalue weighted by molar-refractivity contribution is 7.89. The summed E-state index contributed by atoms with van der Waals surface area (Å²) in [7, 11) is -1.87. The van der Waals surface area contributed by atoms with Crippen LogP contribution in [0.4, 0.5) is 23.7 Å². The summed E-state index contributed by atoms with van der Waals surface area (Å²) in [6.45, 7) is 2.06. The van der Waals surface area contributed by atoms with Crippen molar-refractivity contribution < 1.29 is 30.9 Å². The first kappa shape index (κ1) is 20.5. The van der Waals surface area contributed by atoms with Crippen LogP contribution in [0.5, 0.6) is 0 Å². The number of hydrogen-bond donors (Lipinski definition) is 1. The van der Waals surface area contributed by atoms with Crippen LogP contribution in [0.25, 0.3) is 0 Å². The molecule has 26 heavy (non-hydrogen) atoms. The summed E-state index contributed by atoms with van der Waals surface area (Å²) in [5.41, 5.74) is 0.680. The summed E-state index contributed by atoms with van der Waals surface area (Å²) in [5, 5.41) is 4.44. The Hall–Kier alpha value is -1.82. The lowest BCUT2D eigenvalue weighted by molar-refractivity contribution is -0.169. The second-order valence-electron chi connectivity index (χ2n) is 6.27. The van der Waals surface area contributed by atoms with Crippen LogP contribution in [-0.2, 0) is 16.4 Å². The Morgan fingerprint density at radius 1 is 1.38 bits per heavy atom. The smallest absolute Gasteiger partial charge is 0.359 e. The van der Waals surface area contributed by atoms with E-state index in [9.17, 15) is 26.4 Å². The molecule has 0 aliphatic carbocycles. The highest BCUT2D eigenvalue weighted by atomic mass is 32.2. The molecule has 2 amide bonds. The SMILES string of the molecule is CCc1onc(C)c1NC(=O)N1C[C@@H](C(F)(F)F)[C@H](S(=O)(=O)N(C)C)C1. The van der Waals surface area contributed by atoms with Crippen LogP contribution in [0.15, 0.2) is 4.52 Å². The Bertz CT molecular complexity index is 776. The third-order valence-corrected chi connectivity index (χ3v) is 6.61. The van der Waals surface area contributed by atoms with Gasteiger partial charge < -0.3 is 14.7 Å². The monoisotopic (exact) mass is 398 g/mol. The molecule has 0 aromatic carbocycles. The van der Waals surface area contributed by atoms with Gasteiger partial charge in [0.15, 0.2) is 5.76 Å². The van der Waals surface area contributed by atoms with Crippen molar-refractivity contribution in [1.29, 1.82) is 0 Å². The predicted octanol–water partition coefficient (Wildman–Crippen LogP) is 1.83. The van der Waals surface area contributed by atoms with E-state index in [0.29, 0.717) is 23.6 Å². The maximum absolute atomic E-state index is 13.3. The number of nitrogens with zero attached hydrogens (tertiary/aromatic N) is 3. The van der Waals surface area contributed by atoms with Crippen LogP contribution in [0.3, 0.4) is 0 Å². The molecule has 0 bridgehead atoms. The fourth-order valence-electron chi connectivity index (χ4n) is 2.83. The van der Waals surface area contributed by atoms with Crippen molar-refractivity contribution in [1.82, 2.24) is 14.4 Å². The van der Waals surface area contributed by atoms with Gasteiger partial charge in [-0.15, -0.1) is 0 Å². The second kappa shape index (κ2) is 7.06. The number of anilines is 1. The quantitative estimate of drug-likeness (QED) is 0.835. The van der Waals surface area contributed by atoms with Gasteiger partial charge in [0.2, 0.25) is 10.0 Å². The van der Waals surface area contributed by atoms with Gasteiger partial charge in [-0.1, -0.05) is 12.1 Å². The number of urea groups is 1. The molecule has 1 aliphatic rings. The third kappa shape index (κ3) is 3.80. The van der Waals surface area contributed by atoms with Crippen molar-refractivity contribution in [3.63, 3.8) is 0 Å². The van der Waals surface area contributed by atoms with Gasteiger partial charge >= 0.3 is 12.2 Å². The van der Waals surface area contributed by atoms with E-state index >= 15 is 0 Å². The second-order valence-corrected chi connectivity index (χ2v) is 8.63. The fraction of sp³-hybridized carbons (Fsp3) is 0.714. The molecule has 1 saturated heterocycles. The summed E-state index contributed by atoms with van der Waals surface area (Å²) in [4.78, 5) is 13.3. The molecule has 2 atom stereocenters. The van der Waals surface area contributed by atoms with Crippen LogP contribution < -0.4 is 5.32 Å². The number of likely N-dealkylation sites (tertiary alicyclic amines) is 1. The molecule has 1 aromatic rings. The van der Waals surface area contributed by atoms with Crippen molar-refractivity contribution in [3.8, 4) is 0 Å². The number of carbonyl (C=O) groups is 1. The van der Waals surface area contributed by atoms with Gasteiger partial charge in [0.05, 0.1) is 5.92 Å². The Morgan fingerprint density at radius 3 is 2.50 bits per heavy atom. The lowest BCUT2D eigenvalue weighted by Crippen LogP contribution is -2.43. The van der Waals surface area contributed by atoms with Gasteiger partial charge in [-0.3, -0.25) is 0 Å². The molecule has 8 nitrogen and oxygen atoms in total. The van der Waals surface area contributed by atoms with E-state index in [1.807, 2.05) is 0 Å². The summed E-state index contributed by atoms with van der Waals surface area (Å²) >= 11 is 0. The van der Waals surface area contributed by atoms with Gasteiger partial charge in [0.25, 0.3) is 0 Å². The Balaban J connectivity index is 2.26. The first-order chi connectivity index (χ1) is 11.9. The maximum Gasteiger partial charge on any atom is 0.394 e. The number of halogens is 3. The zero-order chi connectivity index (χ0) is 19.9. The molecule has 1 aromatic heterocycles. The molecule has 1 fully saturated rings. The minimum atomic E-state index is -4.75. The summed E-state index contributed by atoms with van der Waals surface area (Å²) in [6.07, 6.45) is -4.32. The van der Waals surface area contributed by atoms with Crippen LogP contribution >= 0.6 is 0 Å². The van der Waals surface area contributed by atoms with E-state index in [2.05, 4.69) is 10.5 Å². The molecular weight excluding hydrogens is 377 g/mol. The van der Waals surface area contributed by atoms with E-state index in [-0.39, 0.29) is 0 Å². The van der Waals surface area contributed by atoms with E-state index < -0.39 is 46.5 Å². The lowest BCUT2D eigenvalue weighted by Gasteiger charge is -2.23. The molecule has 0 saturated carbocycles. The average Bonchev–Trinajstić information content (AvgIpc) is 3.12. The Labute approximate surface area is 149 Å². The fourth-order valence-corrected chi connectivity index (χ4v) is 4.40. The molecule has 0 radical (unpaired) electrons. The average molecular weight is 398 g/mol. The van der Waals surface area contributed by atoms with E-state index in [0.717, 1.165) is 9.21 Å². The summed E-state index contributed by atoms with van der Waals surface area (Å²) in [5.74, 6) is -1.77. The zero-order valence-corrected chi connectivity index (χ0v) is 15.6. The molecule has 0 unspecified atom stereocenters. The van der Waals surface area contributed by atoms with Gasteiger partial charge in [0, 0.05) is 33.6 Å². The number of nitrogens with one attached hydrogen (secondary N) is 1. The number of rotatable bonds is 4. The van der Waals surface area contributed by atoms with Crippen LogP contribution in [-0.4, -0.2) is 67.4 Å². The number of amides is 2. The number of hydrogen-bond acceptors (Lipinski definition) is 5. The zero-order valence-electron chi connectivity index (χ0n) is 14.8. The Kier molecular flexibility index (Phi) is 5.57. The van der Waals surface area contributed by atoms with Crippen molar-refractivity contribution in [2.45, 2.75) is 31.7 Å². The third-order valence-electron chi connectivity index (χ3n) is 4.35. The van der Waals surface area contributed by atoms with E-state index in [4.69, 9.17) is 4.52 Å². The molecule has 12 heteroatoms. The van der Waals surface area contributed by atoms with E-state index in [1.165, 1.54) is 14.1 Å². The minimum absolute atomic E-state index is 0.292. The molecule has 1 aliphatic heterocycles. The first-order valence-electron chi connectivity index (χ1n) is 7.88. The Morgan fingerprint density at radius 2 is 2.00 bits per heavy atom. The lowest BCUT2D eigenvalue weighted by atomic mass is 10.1. The molecule has 1 N–H and O–H groups in total. The number of aryl methyl sites for hydroxylation is 2. The van der Waals surface area contributed by atoms with Crippen LogP contribution in [0, 0.1) is 12.8 Å². The first-order valence-corrected chi connectivity index (χ1v) is 9.39. The van der Waals surface area contributed by atoms with Gasteiger partial charge in [-0.25, -0.2) is 17.5 Å². The highest BCUT2D eigenvalue weighted by Gasteiger charge is 2.56. The maximum atomic E-state index is 13.3. The standard InChI is InChI=1S/C14H21F3N4O4S/c1-5-10-12(8(2)19-25-10)18-13(22)21-6-9(14(15,16)17)11(7-21)26(23,24)20(3)4/h9,11H,5-7H2,1-4H3,(H,18,22)/t9-,11-/m1/s1. The normalized spacial score (nSPS) is 21.5. The topological polar surface area (TPSA) is 95.7 Å². The molecule has 2 rings (SSSR count). The number of aromatic nitrogens is 1. The minimum Gasteiger partial charge on any atom is -0.359 e. The predicted molar refractivity (Wildman–Crippen MR) is 87.1 cm³/mol. The van der Waals surface area contributed by atoms with Crippen molar-refractivity contribution in [3.05, 3.63) is 11.5 Å². The number of sulfonamides is 1. The summed E-state index contributed by atoms with van der Waals surface area (Å²) < 4.78 is 70.3. The molecule has 148 valence electrons. The largest absolute Gasteiger partial charge is 0.394 e. The van der Waals surface area contributed by atoms with Crippen molar-refractivity contribution in [2.75, 3.05) is 32.5 Å². The number of alkyl halides is 3. The summed E-state index contributed by atoms with van der Waals surface area (Å²) in [6, 6.07) is -0.822. The van der Waals surface area contributed by atoms with Crippen molar-refractivity contribution in [2.24, 2.45) is 5.92 Å². The van der Waals surface area contributed by atoms with Crippen molar-refractivity contribution >= 4 is 21.7 Å². The molecular formula is C14H21F3N4O4S. The molecule has 2 heterocycles. The highest BCUT2D eigenvalue weighted by Crippen LogP contribution is 2.38. The van der Waals surface area contributed by atoms with Gasteiger partial charge in [0.1, 0.15) is 16.6 Å². The van der Waals surface area contributed by atoms with Gasteiger partial charge in [-0.05, 0) is 6.92 Å². The van der Waals surface area contributed by atoms with Crippen LogP contribution in [0.2, 0.25) is 0 Å². The molecule has 0 spiro atoms. The van der Waals surface area contributed by atoms with Gasteiger partial charge in [-0.2, -0.15) is 13.2 Å². The van der Waals surface area contributed by atoms with E-state index in [1.54, 1.807) is 13.8 Å². The van der Waals surface area contributed by atoms with Crippen LogP contribution in [0.1, 0.15) is 18.4 Å². The number of carbonyl (C=O) groups excluding carboxylic acids is 1.